The molecule has 8 nitrogen and oxygen atoms in total. The van der Waals surface area contributed by atoms with Gasteiger partial charge in [0.05, 0.1) is 5.56 Å². The third-order valence-corrected chi connectivity index (χ3v) is 6.90. The van der Waals surface area contributed by atoms with Crippen molar-refractivity contribution in [2.75, 3.05) is 36.0 Å². The van der Waals surface area contributed by atoms with Crippen molar-refractivity contribution in [1.29, 1.82) is 0 Å². The van der Waals surface area contributed by atoms with Gasteiger partial charge in [-0.1, -0.05) is 0 Å². The van der Waals surface area contributed by atoms with E-state index in [1.54, 1.807) is 12.4 Å². The molecule has 6 rings (SSSR count). The summed E-state index contributed by atoms with van der Waals surface area (Å²) in [5.74, 6) is 3.29. The van der Waals surface area contributed by atoms with Crippen LogP contribution >= 0.6 is 0 Å². The molecule has 1 N–H and O–H groups in total. The third-order valence-electron chi connectivity index (χ3n) is 6.90. The number of aromatic nitrogens is 5. The summed E-state index contributed by atoms with van der Waals surface area (Å²) in [6.07, 6.45) is 6.99. The number of aryl methyl sites for hydroxylation is 1. The Bertz CT molecular complexity index is 1160. The number of H-pyrrole nitrogens is 1. The summed E-state index contributed by atoms with van der Waals surface area (Å²) < 4.78 is 1.98. The molecule has 8 heteroatoms. The van der Waals surface area contributed by atoms with Crippen LogP contribution in [0, 0.1) is 12.8 Å². The van der Waals surface area contributed by atoms with Crippen molar-refractivity contribution in [2.45, 2.75) is 38.6 Å². The predicted octanol–water partition coefficient (Wildman–Crippen LogP) is 2.56. The lowest BCUT2D eigenvalue weighted by Gasteiger charge is -2.43. The third kappa shape index (κ3) is 3.21. The summed E-state index contributed by atoms with van der Waals surface area (Å²) in [6, 6.07) is 6.14. The first-order chi connectivity index (χ1) is 15.2. The quantitative estimate of drug-likeness (QED) is 0.705. The van der Waals surface area contributed by atoms with Gasteiger partial charge in [-0.3, -0.25) is 4.79 Å². The van der Waals surface area contributed by atoms with E-state index in [0.29, 0.717) is 23.2 Å². The second kappa shape index (κ2) is 7.21. The van der Waals surface area contributed by atoms with Gasteiger partial charge in [0, 0.05) is 68.5 Å². The number of aromatic amines is 1. The average molecular weight is 418 g/mol. The van der Waals surface area contributed by atoms with E-state index in [2.05, 4.69) is 38.8 Å². The molecule has 31 heavy (non-hydrogen) atoms. The van der Waals surface area contributed by atoms with Crippen molar-refractivity contribution in [3.63, 3.8) is 0 Å². The molecule has 0 aliphatic carbocycles. The molecule has 0 aromatic carbocycles. The van der Waals surface area contributed by atoms with Crippen LogP contribution in [-0.4, -0.2) is 50.7 Å². The number of nitrogens with one attached hydrogen (secondary N) is 1. The largest absolute Gasteiger partial charge is 0.355 e. The lowest BCUT2D eigenvalue weighted by atomic mass is 9.83. The highest BCUT2D eigenvalue weighted by Crippen LogP contribution is 2.37. The lowest BCUT2D eigenvalue weighted by molar-refractivity contribution is 0.281. The molecule has 3 aromatic rings. The molecule has 0 radical (unpaired) electrons. The number of piperidine rings is 1. The molecule has 6 heterocycles. The Balaban J connectivity index is 1.32. The summed E-state index contributed by atoms with van der Waals surface area (Å²) in [4.78, 5) is 34.9. The van der Waals surface area contributed by atoms with Crippen LogP contribution in [0.3, 0.4) is 0 Å². The zero-order valence-corrected chi connectivity index (χ0v) is 17.8. The van der Waals surface area contributed by atoms with Gasteiger partial charge in [-0.15, -0.1) is 0 Å². The number of hydrogen-bond acceptors (Lipinski definition) is 6. The van der Waals surface area contributed by atoms with Crippen molar-refractivity contribution in [3.8, 4) is 11.4 Å². The number of imidazole rings is 1. The summed E-state index contributed by atoms with van der Waals surface area (Å²) in [6.45, 7) is 6.69. The van der Waals surface area contributed by atoms with Crippen LogP contribution in [0.1, 0.15) is 36.6 Å². The topological polar surface area (TPSA) is 82.9 Å². The molecule has 0 amide bonds. The second-order valence-electron chi connectivity index (χ2n) is 9.09. The molecule has 3 aliphatic heterocycles. The Hall–Kier alpha value is -3.16. The van der Waals surface area contributed by atoms with Crippen molar-refractivity contribution in [2.24, 2.45) is 5.92 Å². The summed E-state index contributed by atoms with van der Waals surface area (Å²) in [7, 11) is 0. The Morgan fingerprint density at radius 2 is 1.94 bits per heavy atom. The molecular formula is C23H27N7O. The first-order valence-electron chi connectivity index (χ1n) is 11.2. The molecule has 2 atom stereocenters. The van der Waals surface area contributed by atoms with E-state index >= 15 is 0 Å². The van der Waals surface area contributed by atoms with Crippen molar-refractivity contribution in [1.82, 2.24) is 24.5 Å². The molecule has 3 aromatic heterocycles. The van der Waals surface area contributed by atoms with Crippen molar-refractivity contribution < 1.29 is 0 Å². The van der Waals surface area contributed by atoms with E-state index in [1.807, 2.05) is 10.6 Å². The van der Waals surface area contributed by atoms with Crippen LogP contribution in [0.25, 0.3) is 11.4 Å². The van der Waals surface area contributed by atoms with E-state index in [4.69, 9.17) is 9.97 Å². The summed E-state index contributed by atoms with van der Waals surface area (Å²) in [5, 5.41) is 0. The molecule has 0 spiro atoms. The number of anilines is 2. The van der Waals surface area contributed by atoms with Gasteiger partial charge < -0.3 is 19.4 Å². The maximum atomic E-state index is 13.2. The normalized spacial score (nSPS) is 22.6. The lowest BCUT2D eigenvalue weighted by Crippen LogP contribution is -2.47. The van der Waals surface area contributed by atoms with Crippen LogP contribution in [0.15, 0.2) is 35.4 Å². The van der Waals surface area contributed by atoms with E-state index in [0.717, 1.165) is 62.3 Å². The van der Waals surface area contributed by atoms with Gasteiger partial charge >= 0.3 is 0 Å². The van der Waals surface area contributed by atoms with Gasteiger partial charge in [-0.25, -0.2) is 9.97 Å². The highest BCUT2D eigenvalue weighted by atomic mass is 16.1. The predicted molar refractivity (Wildman–Crippen MR) is 120 cm³/mol. The second-order valence-corrected chi connectivity index (χ2v) is 9.09. The summed E-state index contributed by atoms with van der Waals surface area (Å²) in [5.41, 5.74) is 2.85. The Morgan fingerprint density at radius 3 is 2.74 bits per heavy atom. The monoisotopic (exact) mass is 417 g/mol. The van der Waals surface area contributed by atoms with Crippen molar-refractivity contribution in [3.05, 3.63) is 52.3 Å². The Morgan fingerprint density at radius 1 is 1.06 bits per heavy atom. The van der Waals surface area contributed by atoms with Crippen LogP contribution in [0.4, 0.5) is 11.8 Å². The fourth-order valence-electron chi connectivity index (χ4n) is 5.48. The fraction of sp³-hybridized carbons (Fsp3) is 0.478. The highest BCUT2D eigenvalue weighted by molar-refractivity contribution is 5.54. The van der Waals surface area contributed by atoms with E-state index in [1.165, 1.54) is 12.8 Å². The van der Waals surface area contributed by atoms with Crippen LogP contribution in [-0.2, 0) is 6.54 Å². The zero-order chi connectivity index (χ0) is 20.9. The van der Waals surface area contributed by atoms with E-state index in [9.17, 15) is 4.79 Å². The maximum Gasteiger partial charge on any atom is 0.261 e. The van der Waals surface area contributed by atoms with Gasteiger partial charge in [0.2, 0.25) is 5.95 Å². The van der Waals surface area contributed by atoms with Crippen LogP contribution in [0.5, 0.6) is 0 Å². The highest BCUT2D eigenvalue weighted by Gasteiger charge is 2.36. The minimum Gasteiger partial charge on any atom is -0.355 e. The van der Waals surface area contributed by atoms with Gasteiger partial charge in [-0.2, -0.15) is 4.98 Å². The van der Waals surface area contributed by atoms with Gasteiger partial charge in [0.15, 0.2) is 0 Å². The first kappa shape index (κ1) is 18.6. The number of pyridine rings is 1. The Labute approximate surface area is 181 Å². The number of fused-ring (bicyclic) bond motifs is 4. The van der Waals surface area contributed by atoms with E-state index < -0.39 is 0 Å². The molecular weight excluding hydrogens is 390 g/mol. The molecule has 2 bridgehead atoms. The maximum absolute atomic E-state index is 13.2. The number of rotatable bonds is 3. The standard InChI is InChI=1S/C23H27N7O/c1-15-10-20(27-23(26-15)28-8-2-3-9-28)29-12-16-11-17(14-29)19-5-4-18(21-24-6-7-25-21)22(31)30(19)13-16/h4-7,10,16-17H,2-3,8-9,11-14H2,1H3,(H,24,25)/t16-,17+/m0/s1. The molecule has 3 aliphatic rings. The van der Waals surface area contributed by atoms with Gasteiger partial charge in [-0.05, 0) is 44.2 Å². The van der Waals surface area contributed by atoms with Crippen LogP contribution in [0.2, 0.25) is 0 Å². The van der Waals surface area contributed by atoms with E-state index in [-0.39, 0.29) is 5.56 Å². The SMILES string of the molecule is Cc1cc(N2C[C@@H]3C[C@H](C2)c2ccc(-c4ncc[nH]4)c(=O)n2C3)nc(N2CCCC2)n1. The average Bonchev–Trinajstić information content (AvgIpc) is 3.48. The zero-order valence-electron chi connectivity index (χ0n) is 17.8. The smallest absolute Gasteiger partial charge is 0.261 e. The first-order valence-corrected chi connectivity index (χ1v) is 11.2. The minimum absolute atomic E-state index is 0.0600. The van der Waals surface area contributed by atoms with Crippen molar-refractivity contribution >= 4 is 11.8 Å². The molecule has 0 saturated carbocycles. The number of nitrogens with zero attached hydrogens (tertiary/aromatic N) is 6. The van der Waals surface area contributed by atoms with Crippen LogP contribution < -0.4 is 15.4 Å². The van der Waals surface area contributed by atoms with Gasteiger partial charge in [0.1, 0.15) is 11.6 Å². The molecule has 2 fully saturated rings. The minimum atomic E-state index is 0.0600. The molecule has 0 unspecified atom stereocenters. The van der Waals surface area contributed by atoms with Gasteiger partial charge in [0.25, 0.3) is 5.56 Å². The number of hydrogen-bond donors (Lipinski definition) is 1. The molecule has 2 saturated heterocycles. The summed E-state index contributed by atoms with van der Waals surface area (Å²) >= 11 is 0. The fourth-order valence-corrected chi connectivity index (χ4v) is 5.48. The Kier molecular flexibility index (Phi) is 4.33. The molecule has 160 valence electrons.